The van der Waals surface area contributed by atoms with Gasteiger partial charge in [-0.25, -0.2) is 0 Å². The zero-order chi connectivity index (χ0) is 36.3. The van der Waals surface area contributed by atoms with Gasteiger partial charge < -0.3 is 13.7 Å². The molecule has 0 bridgehead atoms. The highest BCUT2D eigenvalue weighted by atomic mass is 16.3. The highest BCUT2D eigenvalue weighted by Gasteiger charge is 2.22. The fourth-order valence-electron chi connectivity index (χ4n) is 8.24. The number of fused-ring (bicyclic) bond motifs is 7. The summed E-state index contributed by atoms with van der Waals surface area (Å²) in [6.07, 6.45) is 0. The molecular formula is C52H33NO2. The van der Waals surface area contributed by atoms with Crippen LogP contribution >= 0.6 is 0 Å². The Bertz CT molecular complexity index is 3170. The number of hydrogen-bond donors (Lipinski definition) is 0. The Kier molecular flexibility index (Phi) is 7.17. The van der Waals surface area contributed by atoms with E-state index < -0.39 is 0 Å². The van der Waals surface area contributed by atoms with E-state index in [0.717, 1.165) is 83.2 Å². The van der Waals surface area contributed by atoms with Gasteiger partial charge in [0, 0.05) is 43.9 Å². The molecule has 11 rings (SSSR count). The highest BCUT2D eigenvalue weighted by Crippen LogP contribution is 2.46. The van der Waals surface area contributed by atoms with Crippen molar-refractivity contribution in [3.63, 3.8) is 0 Å². The maximum atomic E-state index is 6.73. The molecule has 258 valence electrons. The maximum Gasteiger partial charge on any atom is 0.144 e. The molecule has 0 aliphatic rings. The molecule has 2 heterocycles. The van der Waals surface area contributed by atoms with Crippen molar-refractivity contribution in [2.24, 2.45) is 0 Å². The number of hydrogen-bond acceptors (Lipinski definition) is 3. The predicted octanol–water partition coefficient (Wildman–Crippen LogP) is 15.1. The van der Waals surface area contributed by atoms with Crippen molar-refractivity contribution in [2.45, 2.75) is 0 Å². The summed E-state index contributed by atoms with van der Waals surface area (Å²) in [5.41, 5.74) is 13.6. The topological polar surface area (TPSA) is 29.5 Å². The summed E-state index contributed by atoms with van der Waals surface area (Å²) in [5.74, 6) is 0. The van der Waals surface area contributed by atoms with Gasteiger partial charge in [-0.1, -0.05) is 146 Å². The van der Waals surface area contributed by atoms with E-state index in [-0.39, 0.29) is 0 Å². The molecule has 0 saturated carbocycles. The SMILES string of the molecule is c1ccc(-c2ccc(N(c3ccc(-c4ccc5oc6c(-c7ccccc7)c7c(cc6c5c4)oc4ccccc47)cc3)c3cccc4ccccc34)cc2)cc1. The van der Waals surface area contributed by atoms with Crippen LogP contribution in [0.15, 0.2) is 209 Å². The van der Waals surface area contributed by atoms with Crippen LogP contribution in [0.4, 0.5) is 17.1 Å². The van der Waals surface area contributed by atoms with Gasteiger partial charge >= 0.3 is 0 Å². The fraction of sp³-hybridized carbons (Fsp3) is 0. The van der Waals surface area contributed by atoms with Crippen LogP contribution in [0.1, 0.15) is 0 Å². The largest absolute Gasteiger partial charge is 0.456 e. The Labute approximate surface area is 317 Å². The predicted molar refractivity (Wildman–Crippen MR) is 229 cm³/mol. The molecule has 3 heteroatoms. The molecule has 0 spiro atoms. The maximum absolute atomic E-state index is 6.73. The van der Waals surface area contributed by atoms with Gasteiger partial charge in [0.2, 0.25) is 0 Å². The van der Waals surface area contributed by atoms with Crippen LogP contribution in [0.2, 0.25) is 0 Å². The van der Waals surface area contributed by atoms with Crippen LogP contribution in [0, 0.1) is 0 Å². The first-order valence-corrected chi connectivity index (χ1v) is 18.7. The Balaban J connectivity index is 1.03. The molecule has 0 aliphatic carbocycles. The minimum absolute atomic E-state index is 0.852. The minimum atomic E-state index is 0.852. The number of rotatable bonds is 6. The second-order valence-corrected chi connectivity index (χ2v) is 14.1. The molecule has 3 nitrogen and oxygen atoms in total. The Morgan fingerprint density at radius 1 is 0.327 bits per heavy atom. The minimum Gasteiger partial charge on any atom is -0.456 e. The van der Waals surface area contributed by atoms with Crippen molar-refractivity contribution in [2.75, 3.05) is 4.90 Å². The first kappa shape index (κ1) is 31.2. The number of nitrogens with zero attached hydrogens (tertiary/aromatic N) is 1. The van der Waals surface area contributed by atoms with Gasteiger partial charge in [-0.15, -0.1) is 0 Å². The van der Waals surface area contributed by atoms with Crippen LogP contribution in [0.25, 0.3) is 88.0 Å². The van der Waals surface area contributed by atoms with E-state index in [0.29, 0.717) is 0 Å². The van der Waals surface area contributed by atoms with Gasteiger partial charge in [-0.05, 0) is 87.8 Å². The Morgan fingerprint density at radius 3 is 1.64 bits per heavy atom. The molecule has 0 aliphatic heterocycles. The van der Waals surface area contributed by atoms with Gasteiger partial charge in [0.25, 0.3) is 0 Å². The van der Waals surface area contributed by atoms with Crippen LogP contribution in [0.3, 0.4) is 0 Å². The van der Waals surface area contributed by atoms with Crippen molar-refractivity contribution >= 4 is 71.7 Å². The van der Waals surface area contributed by atoms with Crippen LogP contribution < -0.4 is 4.90 Å². The van der Waals surface area contributed by atoms with Crippen LogP contribution in [0.5, 0.6) is 0 Å². The zero-order valence-corrected chi connectivity index (χ0v) is 29.8. The summed E-state index contributed by atoms with van der Waals surface area (Å²) in [5, 5.41) is 6.68. The monoisotopic (exact) mass is 703 g/mol. The second kappa shape index (κ2) is 12.6. The van der Waals surface area contributed by atoms with Crippen LogP contribution in [-0.2, 0) is 0 Å². The quantitative estimate of drug-likeness (QED) is 0.173. The van der Waals surface area contributed by atoms with Crippen molar-refractivity contribution < 1.29 is 8.83 Å². The molecule has 0 atom stereocenters. The molecular weight excluding hydrogens is 671 g/mol. The molecule has 0 fully saturated rings. The van der Waals surface area contributed by atoms with E-state index >= 15 is 0 Å². The van der Waals surface area contributed by atoms with Gasteiger partial charge in [0.15, 0.2) is 0 Å². The summed E-state index contributed by atoms with van der Waals surface area (Å²) in [4.78, 5) is 2.36. The van der Waals surface area contributed by atoms with Gasteiger partial charge in [0.05, 0.1) is 5.69 Å². The zero-order valence-electron chi connectivity index (χ0n) is 29.8. The van der Waals surface area contributed by atoms with Crippen molar-refractivity contribution in [3.8, 4) is 33.4 Å². The standard InChI is InChI=1S/C52H33NO2/c1-3-12-34(13-4-1)35-22-27-40(28-23-35)53(46-20-11-17-37-14-7-8-18-42(37)46)41-29-24-36(25-30-41)39-26-31-48-44(32-39)45-33-49-51(43-19-9-10-21-47(43)54-49)50(52(45)55-48)38-15-5-2-6-16-38/h1-33H. The Hall–Kier alpha value is -7.36. The lowest BCUT2D eigenvalue weighted by Crippen LogP contribution is -2.10. The number of para-hydroxylation sites is 1. The molecule has 0 unspecified atom stereocenters. The molecule has 11 aromatic rings. The molecule has 0 amide bonds. The molecule has 55 heavy (non-hydrogen) atoms. The molecule has 0 N–H and O–H groups in total. The summed E-state index contributed by atoms with van der Waals surface area (Å²) >= 11 is 0. The first-order valence-electron chi connectivity index (χ1n) is 18.7. The average Bonchev–Trinajstić information content (AvgIpc) is 3.82. The lowest BCUT2D eigenvalue weighted by molar-refractivity contribution is 0.664. The third kappa shape index (κ3) is 5.20. The fourth-order valence-corrected chi connectivity index (χ4v) is 8.24. The normalized spacial score (nSPS) is 11.6. The summed E-state index contributed by atoms with van der Waals surface area (Å²) < 4.78 is 13.2. The van der Waals surface area contributed by atoms with E-state index in [1.165, 1.54) is 21.9 Å². The third-order valence-electron chi connectivity index (χ3n) is 10.9. The number of anilines is 3. The molecule has 9 aromatic carbocycles. The number of furan rings is 2. The Morgan fingerprint density at radius 2 is 0.891 bits per heavy atom. The summed E-state index contributed by atoms with van der Waals surface area (Å²) in [6.45, 7) is 0. The lowest BCUT2D eigenvalue weighted by atomic mass is 9.96. The highest BCUT2D eigenvalue weighted by molar-refractivity contribution is 6.23. The van der Waals surface area contributed by atoms with Gasteiger partial charge in [-0.3, -0.25) is 0 Å². The van der Waals surface area contributed by atoms with Gasteiger partial charge in [-0.2, -0.15) is 0 Å². The summed E-state index contributed by atoms with van der Waals surface area (Å²) in [7, 11) is 0. The van der Waals surface area contributed by atoms with Crippen molar-refractivity contribution in [1.29, 1.82) is 0 Å². The average molecular weight is 704 g/mol. The van der Waals surface area contributed by atoms with Crippen molar-refractivity contribution in [1.82, 2.24) is 0 Å². The molecule has 0 saturated heterocycles. The third-order valence-corrected chi connectivity index (χ3v) is 10.9. The van der Waals surface area contributed by atoms with Gasteiger partial charge in [0.1, 0.15) is 22.3 Å². The summed E-state index contributed by atoms with van der Waals surface area (Å²) in [6, 6.07) is 70.8. The second-order valence-electron chi connectivity index (χ2n) is 14.1. The van der Waals surface area contributed by atoms with E-state index in [9.17, 15) is 0 Å². The molecule has 2 aromatic heterocycles. The van der Waals surface area contributed by atoms with E-state index in [1.807, 2.05) is 18.2 Å². The van der Waals surface area contributed by atoms with E-state index in [4.69, 9.17) is 8.83 Å². The van der Waals surface area contributed by atoms with E-state index in [1.54, 1.807) is 0 Å². The number of benzene rings is 9. The van der Waals surface area contributed by atoms with E-state index in [2.05, 4.69) is 187 Å². The smallest absolute Gasteiger partial charge is 0.144 e. The first-order chi connectivity index (χ1) is 27.3. The van der Waals surface area contributed by atoms with Crippen molar-refractivity contribution in [3.05, 3.63) is 200 Å². The molecule has 0 radical (unpaired) electrons. The van der Waals surface area contributed by atoms with Crippen LogP contribution in [-0.4, -0.2) is 0 Å². The lowest BCUT2D eigenvalue weighted by Gasteiger charge is -2.27.